The zero-order chi connectivity index (χ0) is 19.6. The summed E-state index contributed by atoms with van der Waals surface area (Å²) in [5.41, 5.74) is 4.62. The molecule has 0 aliphatic rings. The highest BCUT2D eigenvalue weighted by molar-refractivity contribution is 6.36. The zero-order valence-electron chi connectivity index (χ0n) is 16.4. The molecular formula is C21H26Cl2N4. The van der Waals surface area contributed by atoms with Crippen LogP contribution in [0, 0.1) is 6.92 Å². The van der Waals surface area contributed by atoms with E-state index in [9.17, 15) is 0 Å². The number of hydrogen-bond acceptors (Lipinski definition) is 3. The van der Waals surface area contributed by atoms with E-state index < -0.39 is 0 Å². The van der Waals surface area contributed by atoms with Gasteiger partial charge in [0.1, 0.15) is 11.5 Å². The Balaban J connectivity index is 2.27. The van der Waals surface area contributed by atoms with Crippen molar-refractivity contribution in [3.8, 4) is 11.3 Å². The Labute approximate surface area is 171 Å². The Bertz CT molecular complexity index is 920. The molecule has 0 N–H and O–H groups in total. The number of aromatic nitrogens is 3. The van der Waals surface area contributed by atoms with Gasteiger partial charge in [0, 0.05) is 36.1 Å². The summed E-state index contributed by atoms with van der Waals surface area (Å²) in [4.78, 5) is 12.0. The van der Waals surface area contributed by atoms with Gasteiger partial charge in [-0.2, -0.15) is 0 Å². The maximum atomic E-state index is 6.54. The van der Waals surface area contributed by atoms with Crippen LogP contribution in [0.3, 0.4) is 0 Å². The molecule has 0 aliphatic carbocycles. The summed E-state index contributed by atoms with van der Waals surface area (Å²) >= 11 is 12.7. The predicted octanol–water partition coefficient (Wildman–Crippen LogP) is 6.20. The molecule has 0 aliphatic heterocycles. The second kappa shape index (κ2) is 8.49. The third kappa shape index (κ3) is 3.78. The van der Waals surface area contributed by atoms with Gasteiger partial charge in [-0.15, -0.1) is 0 Å². The second-order valence-electron chi connectivity index (χ2n) is 6.77. The van der Waals surface area contributed by atoms with Crippen LogP contribution in [0.2, 0.25) is 10.0 Å². The molecule has 0 amide bonds. The van der Waals surface area contributed by atoms with Gasteiger partial charge in [0.2, 0.25) is 0 Å². The third-order valence-corrected chi connectivity index (χ3v) is 5.21. The molecule has 0 spiro atoms. The number of anilines is 1. The summed E-state index contributed by atoms with van der Waals surface area (Å²) in [6.07, 6.45) is 6.88. The Morgan fingerprint density at radius 2 is 1.78 bits per heavy atom. The lowest BCUT2D eigenvalue weighted by molar-refractivity contribution is 0.725. The van der Waals surface area contributed by atoms with Crippen LogP contribution in [0.4, 0.5) is 5.82 Å². The molecule has 0 radical (unpaired) electrons. The minimum absolute atomic E-state index is 0.599. The highest BCUT2D eigenvalue weighted by atomic mass is 35.5. The van der Waals surface area contributed by atoms with Gasteiger partial charge in [0.05, 0.1) is 10.7 Å². The highest BCUT2D eigenvalue weighted by Crippen LogP contribution is 2.36. The maximum absolute atomic E-state index is 6.54. The topological polar surface area (TPSA) is 33.4 Å². The molecule has 0 saturated carbocycles. The van der Waals surface area contributed by atoms with Crippen molar-refractivity contribution in [2.24, 2.45) is 0 Å². The standard InChI is InChI=1S/C21H26Cl2N4/c1-5-9-26(10-6-2)21-17(7-3)25-20-19(24-8-11-27(20)21)18-14(4)12-15(22)13-16(18)23/h8,11-13H,5-7,9-10H2,1-4H3. The number of fused-ring (bicyclic) bond motifs is 1. The molecule has 6 heteroatoms. The van der Waals surface area contributed by atoms with Crippen molar-refractivity contribution in [1.29, 1.82) is 0 Å². The van der Waals surface area contributed by atoms with Crippen molar-refractivity contribution in [3.05, 3.63) is 45.8 Å². The monoisotopic (exact) mass is 404 g/mol. The van der Waals surface area contributed by atoms with Gasteiger partial charge in [0.25, 0.3) is 0 Å². The molecule has 2 heterocycles. The molecule has 3 rings (SSSR count). The maximum Gasteiger partial charge on any atom is 0.165 e. The van der Waals surface area contributed by atoms with Crippen molar-refractivity contribution < 1.29 is 0 Å². The smallest absolute Gasteiger partial charge is 0.165 e. The largest absolute Gasteiger partial charge is 0.356 e. The molecule has 1 aromatic carbocycles. The van der Waals surface area contributed by atoms with Gasteiger partial charge in [0.15, 0.2) is 5.65 Å². The Morgan fingerprint density at radius 1 is 1.07 bits per heavy atom. The van der Waals surface area contributed by atoms with E-state index in [0.717, 1.165) is 60.5 Å². The average molecular weight is 405 g/mol. The van der Waals surface area contributed by atoms with Gasteiger partial charge < -0.3 is 4.90 Å². The Morgan fingerprint density at radius 3 is 2.37 bits per heavy atom. The van der Waals surface area contributed by atoms with Crippen LogP contribution in [0.1, 0.15) is 44.9 Å². The van der Waals surface area contributed by atoms with Gasteiger partial charge in [-0.05, 0) is 43.9 Å². The van der Waals surface area contributed by atoms with Crippen molar-refractivity contribution in [2.45, 2.75) is 47.0 Å². The van der Waals surface area contributed by atoms with Crippen molar-refractivity contribution >= 4 is 34.7 Å². The van der Waals surface area contributed by atoms with Crippen molar-refractivity contribution in [2.75, 3.05) is 18.0 Å². The van der Waals surface area contributed by atoms with E-state index in [1.807, 2.05) is 25.4 Å². The van der Waals surface area contributed by atoms with Gasteiger partial charge in [-0.1, -0.05) is 44.0 Å². The Hall–Kier alpha value is -1.78. The van der Waals surface area contributed by atoms with E-state index in [4.69, 9.17) is 28.2 Å². The van der Waals surface area contributed by atoms with Crippen LogP contribution in [0.25, 0.3) is 16.9 Å². The minimum atomic E-state index is 0.599. The van der Waals surface area contributed by atoms with E-state index in [1.165, 1.54) is 5.82 Å². The number of hydrogen-bond donors (Lipinski definition) is 0. The summed E-state index contributed by atoms with van der Waals surface area (Å²) in [6, 6.07) is 3.68. The van der Waals surface area contributed by atoms with Crippen LogP contribution in [-0.2, 0) is 6.42 Å². The first-order valence-electron chi connectivity index (χ1n) is 9.58. The molecule has 3 aromatic rings. The first-order valence-corrected chi connectivity index (χ1v) is 10.3. The number of aryl methyl sites for hydroxylation is 2. The van der Waals surface area contributed by atoms with E-state index in [1.54, 1.807) is 6.07 Å². The molecular weight excluding hydrogens is 379 g/mol. The summed E-state index contributed by atoms with van der Waals surface area (Å²) in [5.74, 6) is 1.17. The number of halogens is 2. The first kappa shape index (κ1) is 20.0. The van der Waals surface area contributed by atoms with E-state index in [-0.39, 0.29) is 0 Å². The number of nitrogens with zero attached hydrogens (tertiary/aromatic N) is 4. The van der Waals surface area contributed by atoms with E-state index in [0.29, 0.717) is 10.0 Å². The third-order valence-electron chi connectivity index (χ3n) is 4.70. The van der Waals surface area contributed by atoms with Crippen molar-refractivity contribution in [1.82, 2.24) is 14.4 Å². The van der Waals surface area contributed by atoms with Crippen LogP contribution < -0.4 is 4.90 Å². The summed E-state index contributed by atoms with van der Waals surface area (Å²) in [5, 5.41) is 1.23. The van der Waals surface area contributed by atoms with Gasteiger partial charge in [-0.25, -0.2) is 4.98 Å². The summed E-state index contributed by atoms with van der Waals surface area (Å²) < 4.78 is 2.16. The second-order valence-corrected chi connectivity index (χ2v) is 7.62. The number of imidazole rings is 1. The fraction of sp³-hybridized carbons (Fsp3) is 0.429. The lowest BCUT2D eigenvalue weighted by atomic mass is 10.1. The quantitative estimate of drug-likeness (QED) is 0.469. The summed E-state index contributed by atoms with van der Waals surface area (Å²) in [7, 11) is 0. The molecule has 4 nitrogen and oxygen atoms in total. The molecule has 0 unspecified atom stereocenters. The summed E-state index contributed by atoms with van der Waals surface area (Å²) in [6.45, 7) is 10.6. The van der Waals surface area contributed by atoms with Crippen molar-refractivity contribution in [3.63, 3.8) is 0 Å². The molecule has 0 saturated heterocycles. The molecule has 0 atom stereocenters. The van der Waals surface area contributed by atoms with E-state index >= 15 is 0 Å². The van der Waals surface area contributed by atoms with Crippen LogP contribution >= 0.6 is 23.2 Å². The molecule has 0 fully saturated rings. The lowest BCUT2D eigenvalue weighted by Gasteiger charge is -2.24. The van der Waals surface area contributed by atoms with Gasteiger partial charge in [-0.3, -0.25) is 9.38 Å². The van der Waals surface area contributed by atoms with Crippen LogP contribution in [0.15, 0.2) is 24.5 Å². The molecule has 144 valence electrons. The number of rotatable bonds is 7. The minimum Gasteiger partial charge on any atom is -0.356 e. The lowest BCUT2D eigenvalue weighted by Crippen LogP contribution is -2.27. The molecule has 0 bridgehead atoms. The normalized spacial score (nSPS) is 11.3. The first-order chi connectivity index (χ1) is 13.0. The molecule has 27 heavy (non-hydrogen) atoms. The molecule has 2 aromatic heterocycles. The van der Waals surface area contributed by atoms with Crippen LogP contribution in [-0.4, -0.2) is 27.5 Å². The van der Waals surface area contributed by atoms with Crippen LogP contribution in [0.5, 0.6) is 0 Å². The SMILES string of the molecule is CCCN(CCC)c1c(CC)nc2c(-c3c(C)cc(Cl)cc3Cl)nccn12. The fourth-order valence-corrected chi connectivity index (χ4v) is 4.31. The highest BCUT2D eigenvalue weighted by Gasteiger charge is 2.21. The predicted molar refractivity (Wildman–Crippen MR) is 115 cm³/mol. The van der Waals surface area contributed by atoms with E-state index in [2.05, 4.69) is 35.1 Å². The Kier molecular flexibility index (Phi) is 6.28. The fourth-order valence-electron chi connectivity index (χ4n) is 3.63. The zero-order valence-corrected chi connectivity index (χ0v) is 17.9. The average Bonchev–Trinajstić information content (AvgIpc) is 3.00. The number of benzene rings is 1. The van der Waals surface area contributed by atoms with Gasteiger partial charge >= 0.3 is 0 Å².